The van der Waals surface area contributed by atoms with E-state index < -0.39 is 82.6 Å². The summed E-state index contributed by atoms with van der Waals surface area (Å²) in [6, 6.07) is 16.0. The summed E-state index contributed by atoms with van der Waals surface area (Å²) in [5.74, 6) is -5.27. The maximum Gasteiger partial charge on any atom is 0.338 e. The standard InChI is InChI=1S/C34H38O12/c1-19(35)41-24-17-18-32(6,40)34-27(42-20(2)36)25(31(4,5)46-34)26(43-29(38)22-13-9-7-10-14-22)28(33(24,34)45-21(3)37)44-30(39)23-15-11-8-12-16-23/h7-16,24-28,40H,17-18H2,1-6H3/t24-,25+,26+,27+,28+,32-,33+,34-/m0/s1. The minimum Gasteiger partial charge on any atom is -0.459 e. The molecule has 8 atom stereocenters. The van der Waals surface area contributed by atoms with Gasteiger partial charge in [-0.3, -0.25) is 14.4 Å². The molecule has 12 heteroatoms. The summed E-state index contributed by atoms with van der Waals surface area (Å²) in [4.78, 5) is 66.1. The average Bonchev–Trinajstić information content (AvgIpc) is 3.18. The monoisotopic (exact) mass is 638 g/mol. The van der Waals surface area contributed by atoms with Gasteiger partial charge in [0.15, 0.2) is 17.8 Å². The summed E-state index contributed by atoms with van der Waals surface area (Å²) < 4.78 is 37.1. The first kappa shape index (κ1) is 33.1. The van der Waals surface area contributed by atoms with Crippen molar-refractivity contribution in [2.24, 2.45) is 5.92 Å². The summed E-state index contributed by atoms with van der Waals surface area (Å²) in [5.41, 5.74) is -7.66. The van der Waals surface area contributed by atoms with E-state index in [0.29, 0.717) is 0 Å². The fraction of sp³-hybridized carbons (Fsp3) is 0.500. The van der Waals surface area contributed by atoms with Crippen molar-refractivity contribution in [2.45, 2.75) is 101 Å². The van der Waals surface area contributed by atoms with Crippen molar-refractivity contribution >= 4 is 29.8 Å². The highest BCUT2D eigenvalue weighted by atomic mass is 16.7. The van der Waals surface area contributed by atoms with Gasteiger partial charge in [0, 0.05) is 20.8 Å². The number of carbonyl (C=O) groups excluding carboxylic acids is 5. The number of benzene rings is 2. The molecule has 2 saturated carbocycles. The van der Waals surface area contributed by atoms with Crippen molar-refractivity contribution in [3.05, 3.63) is 71.8 Å². The van der Waals surface area contributed by atoms with Crippen LogP contribution in [0.2, 0.25) is 0 Å². The van der Waals surface area contributed by atoms with Gasteiger partial charge in [-0.05, 0) is 57.9 Å². The van der Waals surface area contributed by atoms with Gasteiger partial charge in [0.1, 0.15) is 12.2 Å². The minimum atomic E-state index is -2.40. The van der Waals surface area contributed by atoms with Crippen molar-refractivity contribution in [3.8, 4) is 0 Å². The van der Waals surface area contributed by atoms with Gasteiger partial charge in [-0.2, -0.15) is 0 Å². The van der Waals surface area contributed by atoms with Crippen molar-refractivity contribution in [2.75, 3.05) is 0 Å². The van der Waals surface area contributed by atoms with E-state index in [-0.39, 0.29) is 24.0 Å². The molecule has 5 rings (SSSR count). The zero-order valence-corrected chi connectivity index (χ0v) is 26.5. The predicted molar refractivity (Wildman–Crippen MR) is 158 cm³/mol. The van der Waals surface area contributed by atoms with Crippen LogP contribution in [0.5, 0.6) is 0 Å². The Balaban J connectivity index is 1.84. The molecular weight excluding hydrogens is 600 g/mol. The van der Waals surface area contributed by atoms with Gasteiger partial charge in [0.2, 0.25) is 5.60 Å². The number of aliphatic hydroxyl groups is 1. The first-order chi connectivity index (χ1) is 21.6. The molecule has 2 aromatic carbocycles. The molecule has 46 heavy (non-hydrogen) atoms. The lowest BCUT2D eigenvalue weighted by molar-refractivity contribution is -0.363. The maximum atomic E-state index is 13.9. The molecule has 1 N–H and O–H groups in total. The second kappa shape index (κ2) is 11.8. The third-order valence-corrected chi connectivity index (χ3v) is 9.19. The Morgan fingerprint density at radius 1 is 0.717 bits per heavy atom. The van der Waals surface area contributed by atoms with Crippen LogP contribution >= 0.6 is 0 Å². The molecule has 1 heterocycles. The molecule has 3 aliphatic rings. The fourth-order valence-electron chi connectivity index (χ4n) is 7.68. The Morgan fingerprint density at radius 3 is 1.74 bits per heavy atom. The average molecular weight is 639 g/mol. The van der Waals surface area contributed by atoms with Crippen molar-refractivity contribution in [1.29, 1.82) is 0 Å². The number of hydrogen-bond donors (Lipinski definition) is 1. The molecule has 12 nitrogen and oxygen atoms in total. The largest absolute Gasteiger partial charge is 0.459 e. The SMILES string of the molecule is CC(=O)O[C@H]1CC[C@](C)(O)[C@]23OC(C)(C)[C@H]([C@@H](OC(=O)c4ccccc4)[C@@H](OC(=O)c4ccccc4)[C@]12OC(C)=O)[C@H]3OC(C)=O. The first-order valence-corrected chi connectivity index (χ1v) is 15.1. The molecule has 1 aliphatic heterocycles. The highest BCUT2D eigenvalue weighted by molar-refractivity contribution is 5.90. The third-order valence-electron chi connectivity index (χ3n) is 9.19. The molecule has 0 amide bonds. The van der Waals surface area contributed by atoms with E-state index in [1.165, 1.54) is 31.2 Å². The van der Waals surface area contributed by atoms with Crippen molar-refractivity contribution in [1.82, 2.24) is 0 Å². The minimum absolute atomic E-state index is 0.0671. The van der Waals surface area contributed by atoms with Crippen LogP contribution in [0.15, 0.2) is 60.7 Å². The first-order valence-electron chi connectivity index (χ1n) is 15.1. The lowest BCUT2D eigenvalue weighted by Gasteiger charge is -2.64. The molecule has 246 valence electrons. The maximum absolute atomic E-state index is 13.9. The van der Waals surface area contributed by atoms with Crippen LogP contribution in [0, 0.1) is 5.92 Å². The molecular formula is C34H38O12. The van der Waals surface area contributed by atoms with Crippen molar-refractivity contribution < 1.29 is 57.5 Å². The van der Waals surface area contributed by atoms with E-state index >= 15 is 0 Å². The Bertz CT molecular complexity index is 1520. The van der Waals surface area contributed by atoms with E-state index in [1.54, 1.807) is 50.2 Å². The number of esters is 5. The van der Waals surface area contributed by atoms with Crippen LogP contribution in [0.1, 0.15) is 75.1 Å². The van der Waals surface area contributed by atoms with Crippen LogP contribution in [0.3, 0.4) is 0 Å². The molecule has 0 aromatic heterocycles. The van der Waals surface area contributed by atoms with Crippen LogP contribution < -0.4 is 0 Å². The smallest absolute Gasteiger partial charge is 0.338 e. The number of hydrogen-bond acceptors (Lipinski definition) is 12. The topological polar surface area (TPSA) is 161 Å². The van der Waals surface area contributed by atoms with Gasteiger partial charge in [-0.15, -0.1) is 0 Å². The fourth-order valence-corrected chi connectivity index (χ4v) is 7.68. The number of rotatable bonds is 7. The molecule has 0 radical (unpaired) electrons. The normalized spacial score (nSPS) is 33.9. The van der Waals surface area contributed by atoms with Gasteiger partial charge >= 0.3 is 29.8 Å². The summed E-state index contributed by atoms with van der Waals surface area (Å²) in [5, 5.41) is 12.3. The number of carbonyl (C=O) groups is 5. The molecule has 0 unspecified atom stereocenters. The van der Waals surface area contributed by atoms with Crippen LogP contribution in [0.4, 0.5) is 0 Å². The molecule has 3 fully saturated rings. The van der Waals surface area contributed by atoms with Crippen molar-refractivity contribution in [3.63, 3.8) is 0 Å². The molecule has 1 saturated heterocycles. The van der Waals surface area contributed by atoms with Gasteiger partial charge < -0.3 is 33.5 Å². The van der Waals surface area contributed by atoms with E-state index in [0.717, 1.165) is 20.8 Å². The second-order valence-corrected chi connectivity index (χ2v) is 12.7. The third kappa shape index (κ3) is 5.23. The summed E-state index contributed by atoms with van der Waals surface area (Å²) in [6.45, 7) is 8.09. The quantitative estimate of drug-likeness (QED) is 0.349. The lowest BCUT2D eigenvalue weighted by Crippen LogP contribution is -2.87. The number of fused-ring (bicyclic) bond motifs is 1. The predicted octanol–water partition coefficient (Wildman–Crippen LogP) is 3.33. The Morgan fingerprint density at radius 2 is 1.24 bits per heavy atom. The Labute approximate surface area is 266 Å². The van der Waals surface area contributed by atoms with E-state index in [2.05, 4.69) is 0 Å². The highest BCUT2D eigenvalue weighted by Crippen LogP contribution is 2.67. The van der Waals surface area contributed by atoms with Crippen LogP contribution in [0.25, 0.3) is 0 Å². The molecule has 2 aliphatic carbocycles. The Hall–Kier alpha value is -4.29. The molecule has 1 spiro atoms. The zero-order valence-electron chi connectivity index (χ0n) is 26.5. The Kier molecular flexibility index (Phi) is 8.50. The van der Waals surface area contributed by atoms with Gasteiger partial charge in [-0.1, -0.05) is 36.4 Å². The van der Waals surface area contributed by atoms with E-state index in [4.69, 9.17) is 28.4 Å². The zero-order chi connectivity index (χ0) is 33.7. The summed E-state index contributed by atoms with van der Waals surface area (Å²) >= 11 is 0. The van der Waals surface area contributed by atoms with E-state index in [1.807, 2.05) is 0 Å². The van der Waals surface area contributed by atoms with Gasteiger partial charge in [0.25, 0.3) is 0 Å². The van der Waals surface area contributed by atoms with Crippen LogP contribution in [-0.2, 0) is 42.8 Å². The summed E-state index contributed by atoms with van der Waals surface area (Å²) in [6.07, 6.45) is -6.31. The van der Waals surface area contributed by atoms with Gasteiger partial charge in [-0.25, -0.2) is 9.59 Å². The second-order valence-electron chi connectivity index (χ2n) is 12.7. The number of ether oxygens (including phenoxy) is 6. The summed E-state index contributed by atoms with van der Waals surface area (Å²) in [7, 11) is 0. The highest BCUT2D eigenvalue weighted by Gasteiger charge is 2.89. The van der Waals surface area contributed by atoms with E-state index in [9.17, 15) is 29.1 Å². The van der Waals surface area contributed by atoms with Crippen LogP contribution in [-0.4, -0.2) is 81.8 Å². The molecule has 2 aromatic rings. The molecule has 2 bridgehead atoms. The lowest BCUT2D eigenvalue weighted by atomic mass is 9.51. The van der Waals surface area contributed by atoms with Gasteiger partial charge in [0.05, 0.1) is 28.2 Å².